The van der Waals surface area contributed by atoms with Gasteiger partial charge in [0, 0.05) is 10.5 Å². The molecule has 0 heterocycles. The van der Waals surface area contributed by atoms with Crippen molar-refractivity contribution in [2.75, 3.05) is 6.26 Å². The average Bonchev–Trinajstić information content (AvgIpc) is 2.07. The molecule has 0 atom stereocenters. The zero-order valence-electron chi connectivity index (χ0n) is 8.47. The Kier molecular flexibility index (Phi) is 3.15. The minimum Gasteiger partial charge on any atom is -0.295 e. The molecular formula is C11H14OS. The Labute approximate surface area is 83.5 Å². The molecule has 0 aromatic heterocycles. The van der Waals surface area contributed by atoms with Gasteiger partial charge < -0.3 is 0 Å². The van der Waals surface area contributed by atoms with Gasteiger partial charge in [-0.3, -0.25) is 4.79 Å². The lowest BCUT2D eigenvalue weighted by molar-refractivity contribution is 0.101. The van der Waals surface area contributed by atoms with Crippen LogP contribution in [-0.4, -0.2) is 12.0 Å². The van der Waals surface area contributed by atoms with Crippen LogP contribution in [0.2, 0.25) is 0 Å². The van der Waals surface area contributed by atoms with E-state index in [4.69, 9.17) is 0 Å². The molecule has 0 N–H and O–H groups in total. The number of carbonyl (C=O) groups is 1. The van der Waals surface area contributed by atoms with Crippen molar-refractivity contribution in [1.82, 2.24) is 0 Å². The van der Waals surface area contributed by atoms with Crippen molar-refractivity contribution in [3.63, 3.8) is 0 Å². The Morgan fingerprint density at radius 1 is 1.23 bits per heavy atom. The largest absolute Gasteiger partial charge is 0.295 e. The van der Waals surface area contributed by atoms with E-state index in [0.717, 1.165) is 11.1 Å². The second-order valence-corrected chi connectivity index (χ2v) is 4.04. The summed E-state index contributed by atoms with van der Waals surface area (Å²) in [6.45, 7) is 5.63. The predicted molar refractivity (Wildman–Crippen MR) is 57.7 cm³/mol. The number of aryl methyl sites for hydroxylation is 2. The molecule has 1 nitrogen and oxygen atoms in total. The van der Waals surface area contributed by atoms with Gasteiger partial charge in [-0.1, -0.05) is 0 Å². The van der Waals surface area contributed by atoms with Gasteiger partial charge >= 0.3 is 0 Å². The zero-order chi connectivity index (χ0) is 10.0. The van der Waals surface area contributed by atoms with E-state index in [2.05, 4.69) is 12.3 Å². The minimum absolute atomic E-state index is 0.147. The highest BCUT2D eigenvalue weighted by Crippen LogP contribution is 2.23. The number of rotatable bonds is 2. The van der Waals surface area contributed by atoms with Crippen molar-refractivity contribution in [2.45, 2.75) is 25.7 Å². The Hall–Kier alpha value is -0.760. The summed E-state index contributed by atoms with van der Waals surface area (Å²) in [6, 6.07) is 4.06. The van der Waals surface area contributed by atoms with E-state index in [-0.39, 0.29) is 5.78 Å². The number of hydrogen-bond donors (Lipinski definition) is 0. The van der Waals surface area contributed by atoms with Crippen LogP contribution in [0.25, 0.3) is 0 Å². The summed E-state index contributed by atoms with van der Waals surface area (Å²) >= 11 is 1.72. The maximum atomic E-state index is 11.2. The molecule has 1 aromatic rings. The van der Waals surface area contributed by atoms with E-state index in [9.17, 15) is 4.79 Å². The molecule has 70 valence electrons. The van der Waals surface area contributed by atoms with Crippen molar-refractivity contribution < 1.29 is 4.79 Å². The number of Topliss-reactive ketones (excluding diaryl/α,β-unsaturated/α-hetero) is 1. The van der Waals surface area contributed by atoms with Crippen LogP contribution in [0.4, 0.5) is 0 Å². The van der Waals surface area contributed by atoms with Crippen molar-refractivity contribution in [3.8, 4) is 0 Å². The normalized spacial score (nSPS) is 10.2. The molecule has 13 heavy (non-hydrogen) atoms. The summed E-state index contributed by atoms with van der Waals surface area (Å²) in [5, 5.41) is 0. The Balaban J connectivity index is 3.28. The van der Waals surface area contributed by atoms with E-state index < -0.39 is 0 Å². The Morgan fingerprint density at radius 3 is 2.31 bits per heavy atom. The number of carbonyl (C=O) groups excluding carboxylic acids is 1. The van der Waals surface area contributed by atoms with Crippen LogP contribution in [0.15, 0.2) is 17.0 Å². The fraction of sp³-hybridized carbons (Fsp3) is 0.364. The highest BCUT2D eigenvalue weighted by Gasteiger charge is 2.06. The summed E-state index contributed by atoms with van der Waals surface area (Å²) in [5.41, 5.74) is 3.10. The van der Waals surface area contributed by atoms with Gasteiger partial charge in [0.15, 0.2) is 5.78 Å². The number of benzene rings is 1. The third kappa shape index (κ3) is 2.13. The van der Waals surface area contributed by atoms with Crippen LogP contribution in [0.1, 0.15) is 28.4 Å². The van der Waals surface area contributed by atoms with Crippen molar-refractivity contribution in [3.05, 3.63) is 28.8 Å². The first-order valence-corrected chi connectivity index (χ1v) is 5.45. The second-order valence-electron chi connectivity index (χ2n) is 3.19. The van der Waals surface area contributed by atoms with Crippen LogP contribution in [-0.2, 0) is 0 Å². The van der Waals surface area contributed by atoms with E-state index >= 15 is 0 Å². The smallest absolute Gasteiger partial charge is 0.160 e. The molecular weight excluding hydrogens is 180 g/mol. The molecule has 0 aliphatic heterocycles. The Bertz CT molecular complexity index is 342. The van der Waals surface area contributed by atoms with E-state index in [1.807, 2.05) is 19.9 Å². The van der Waals surface area contributed by atoms with Gasteiger partial charge in [0.1, 0.15) is 0 Å². The van der Waals surface area contributed by atoms with Gasteiger partial charge in [0.05, 0.1) is 0 Å². The van der Waals surface area contributed by atoms with Gasteiger partial charge in [0.25, 0.3) is 0 Å². The van der Waals surface area contributed by atoms with Gasteiger partial charge in [0.2, 0.25) is 0 Å². The third-order valence-electron chi connectivity index (χ3n) is 2.12. The summed E-state index contributed by atoms with van der Waals surface area (Å²) in [5.74, 6) is 0.147. The molecule has 0 radical (unpaired) electrons. The fourth-order valence-electron chi connectivity index (χ4n) is 1.39. The van der Waals surface area contributed by atoms with Crippen LogP contribution < -0.4 is 0 Å². The molecule has 0 amide bonds. The van der Waals surface area contributed by atoms with E-state index in [1.54, 1.807) is 18.7 Å². The highest BCUT2D eigenvalue weighted by molar-refractivity contribution is 7.98. The molecule has 0 aliphatic carbocycles. The van der Waals surface area contributed by atoms with Gasteiger partial charge in [-0.15, -0.1) is 11.8 Å². The summed E-state index contributed by atoms with van der Waals surface area (Å²) in [4.78, 5) is 12.5. The molecule has 2 heteroatoms. The third-order valence-corrected chi connectivity index (χ3v) is 3.00. The van der Waals surface area contributed by atoms with Gasteiger partial charge in [-0.05, 0) is 50.3 Å². The molecule has 0 spiro atoms. The lowest BCUT2D eigenvalue weighted by Crippen LogP contribution is -1.97. The average molecular weight is 194 g/mol. The topological polar surface area (TPSA) is 17.1 Å². The molecule has 0 unspecified atom stereocenters. The highest BCUT2D eigenvalue weighted by atomic mass is 32.2. The van der Waals surface area contributed by atoms with Crippen LogP contribution in [0.3, 0.4) is 0 Å². The molecule has 0 bridgehead atoms. The van der Waals surface area contributed by atoms with Crippen LogP contribution in [0, 0.1) is 13.8 Å². The lowest BCUT2D eigenvalue weighted by Gasteiger charge is -2.07. The van der Waals surface area contributed by atoms with E-state index in [0.29, 0.717) is 0 Å². The van der Waals surface area contributed by atoms with Crippen molar-refractivity contribution in [2.24, 2.45) is 0 Å². The number of thioether (sulfide) groups is 1. The van der Waals surface area contributed by atoms with Crippen LogP contribution in [0.5, 0.6) is 0 Å². The first-order chi connectivity index (χ1) is 6.06. The van der Waals surface area contributed by atoms with E-state index in [1.165, 1.54) is 10.5 Å². The minimum atomic E-state index is 0.147. The maximum Gasteiger partial charge on any atom is 0.160 e. The van der Waals surface area contributed by atoms with Crippen molar-refractivity contribution in [1.29, 1.82) is 0 Å². The number of ketones is 1. The fourth-order valence-corrected chi connectivity index (χ4v) is 2.06. The van der Waals surface area contributed by atoms with Crippen molar-refractivity contribution >= 4 is 17.5 Å². The molecule has 1 aromatic carbocycles. The second kappa shape index (κ2) is 3.97. The molecule has 0 aliphatic rings. The monoisotopic (exact) mass is 194 g/mol. The summed E-state index contributed by atoms with van der Waals surface area (Å²) < 4.78 is 0. The summed E-state index contributed by atoms with van der Waals surface area (Å²) in [6.07, 6.45) is 2.05. The Morgan fingerprint density at radius 2 is 1.85 bits per heavy atom. The first-order valence-electron chi connectivity index (χ1n) is 4.22. The van der Waals surface area contributed by atoms with Gasteiger partial charge in [-0.2, -0.15) is 0 Å². The molecule has 0 saturated heterocycles. The maximum absolute atomic E-state index is 11.2. The standard InChI is InChI=1S/C11H14OS/c1-7-6-11(13-4)8(2)5-10(7)9(3)12/h5-6H,1-4H3. The SMILES string of the molecule is CSc1cc(C)c(C(C)=O)cc1C. The zero-order valence-corrected chi connectivity index (χ0v) is 9.29. The first kappa shape index (κ1) is 10.3. The van der Waals surface area contributed by atoms with Crippen LogP contribution >= 0.6 is 11.8 Å². The number of hydrogen-bond acceptors (Lipinski definition) is 2. The van der Waals surface area contributed by atoms with Gasteiger partial charge in [-0.25, -0.2) is 0 Å². The summed E-state index contributed by atoms with van der Waals surface area (Å²) in [7, 11) is 0. The lowest BCUT2D eigenvalue weighted by atomic mass is 10.0. The molecule has 0 fully saturated rings. The molecule has 0 saturated carbocycles. The quantitative estimate of drug-likeness (QED) is 0.531. The predicted octanol–water partition coefficient (Wildman–Crippen LogP) is 3.23. The molecule has 1 rings (SSSR count).